The van der Waals surface area contributed by atoms with E-state index in [1.165, 1.54) is 0 Å². The quantitative estimate of drug-likeness (QED) is 0.609. The third kappa shape index (κ3) is 3.19. The number of halogens is 1. The number of hydrogen-bond donors (Lipinski definition) is 0. The van der Waals surface area contributed by atoms with Crippen LogP contribution in [0.2, 0.25) is 0 Å². The van der Waals surface area contributed by atoms with Gasteiger partial charge < -0.3 is 9.15 Å². The predicted octanol–water partition coefficient (Wildman–Crippen LogP) is 5.35. The van der Waals surface area contributed by atoms with Crippen molar-refractivity contribution in [3.8, 4) is 34.5 Å². The van der Waals surface area contributed by atoms with Gasteiger partial charge in [0.1, 0.15) is 23.2 Å². The lowest BCUT2D eigenvalue weighted by molar-refractivity contribution is 0.326. The highest BCUT2D eigenvalue weighted by molar-refractivity contribution is 9.10. The molecule has 0 fully saturated rings. The Hall–Kier alpha value is -2.58. The van der Waals surface area contributed by atoms with Crippen molar-refractivity contribution in [2.75, 3.05) is 6.61 Å². The monoisotopic (exact) mass is 382 g/mol. The number of pyridine rings is 1. The Morgan fingerprint density at radius 1 is 1.21 bits per heavy atom. The fourth-order valence-corrected chi connectivity index (χ4v) is 2.68. The fraction of sp³-hybridized carbons (Fsp3) is 0.158. The van der Waals surface area contributed by atoms with E-state index in [1.807, 2.05) is 56.3 Å². The van der Waals surface area contributed by atoms with Crippen molar-refractivity contribution < 1.29 is 9.15 Å². The predicted molar refractivity (Wildman–Crippen MR) is 95.7 cm³/mol. The Morgan fingerprint density at radius 2 is 1.96 bits per heavy atom. The maximum absolute atomic E-state index is 9.57. The van der Waals surface area contributed by atoms with Gasteiger partial charge in [-0.3, -0.25) is 0 Å². The number of aryl methyl sites for hydroxylation is 1. The summed E-state index contributed by atoms with van der Waals surface area (Å²) in [4.78, 5) is 4.52. The Balaban J connectivity index is 2.22. The lowest BCUT2D eigenvalue weighted by Crippen LogP contribution is -2.01. The number of nitriles is 1. The Morgan fingerprint density at radius 3 is 2.54 bits per heavy atom. The molecule has 0 atom stereocenters. The second-order valence-electron chi connectivity index (χ2n) is 5.20. The number of ether oxygens (including phenoxy) is 1. The summed E-state index contributed by atoms with van der Waals surface area (Å²) in [6, 6.07) is 15.6. The lowest BCUT2D eigenvalue weighted by atomic mass is 10.0. The first-order chi connectivity index (χ1) is 11.6. The highest BCUT2D eigenvalue weighted by atomic mass is 79.9. The number of rotatable bonds is 4. The van der Waals surface area contributed by atoms with Gasteiger partial charge in [0.25, 0.3) is 0 Å². The van der Waals surface area contributed by atoms with E-state index in [0.29, 0.717) is 29.4 Å². The van der Waals surface area contributed by atoms with Crippen molar-refractivity contribution in [2.45, 2.75) is 13.8 Å². The fourth-order valence-electron chi connectivity index (χ4n) is 2.41. The molecule has 2 heterocycles. The molecule has 5 heteroatoms. The van der Waals surface area contributed by atoms with Crippen molar-refractivity contribution >= 4 is 15.9 Å². The Kier molecular flexibility index (Phi) is 4.68. The smallest absolute Gasteiger partial charge is 0.233 e. The molecule has 0 amide bonds. The van der Waals surface area contributed by atoms with Gasteiger partial charge in [-0.05, 0) is 44.2 Å². The number of aromatic nitrogens is 1. The summed E-state index contributed by atoms with van der Waals surface area (Å²) < 4.78 is 12.3. The van der Waals surface area contributed by atoms with Gasteiger partial charge >= 0.3 is 0 Å². The van der Waals surface area contributed by atoms with Crippen molar-refractivity contribution in [3.05, 3.63) is 58.3 Å². The van der Waals surface area contributed by atoms with Crippen LogP contribution in [0.1, 0.15) is 18.2 Å². The molecule has 0 spiro atoms. The van der Waals surface area contributed by atoms with E-state index < -0.39 is 0 Å². The standard InChI is InChI=1S/C19H15BrN2O2/c1-3-23-19-16(11-21)15(18-9-4-12(2)24-18)10-17(22-19)13-5-7-14(20)8-6-13/h4-10H,3H2,1-2H3. The topological polar surface area (TPSA) is 59.1 Å². The largest absolute Gasteiger partial charge is 0.477 e. The van der Waals surface area contributed by atoms with Gasteiger partial charge in [-0.15, -0.1) is 0 Å². The van der Waals surface area contributed by atoms with E-state index in [0.717, 1.165) is 21.5 Å². The zero-order chi connectivity index (χ0) is 17.1. The van der Waals surface area contributed by atoms with Gasteiger partial charge in [0, 0.05) is 15.6 Å². The van der Waals surface area contributed by atoms with Crippen LogP contribution in [0.15, 0.2) is 51.4 Å². The zero-order valence-corrected chi connectivity index (χ0v) is 14.9. The van der Waals surface area contributed by atoms with Gasteiger partial charge in [0.2, 0.25) is 5.88 Å². The van der Waals surface area contributed by atoms with E-state index in [-0.39, 0.29) is 0 Å². The first-order valence-corrected chi connectivity index (χ1v) is 8.32. The average Bonchev–Trinajstić information content (AvgIpc) is 3.01. The summed E-state index contributed by atoms with van der Waals surface area (Å²) in [5.74, 6) is 1.74. The van der Waals surface area contributed by atoms with Crippen LogP contribution in [0.5, 0.6) is 5.88 Å². The minimum absolute atomic E-state index is 0.324. The number of benzene rings is 1. The maximum atomic E-state index is 9.57. The second-order valence-corrected chi connectivity index (χ2v) is 6.11. The molecule has 24 heavy (non-hydrogen) atoms. The second kappa shape index (κ2) is 6.90. The highest BCUT2D eigenvalue weighted by Crippen LogP contribution is 2.34. The zero-order valence-electron chi connectivity index (χ0n) is 13.3. The molecule has 3 aromatic rings. The van der Waals surface area contributed by atoms with Crippen LogP contribution in [0.25, 0.3) is 22.6 Å². The van der Waals surface area contributed by atoms with Crippen LogP contribution in [-0.4, -0.2) is 11.6 Å². The van der Waals surface area contributed by atoms with Gasteiger partial charge in [0.05, 0.1) is 12.3 Å². The first-order valence-electron chi connectivity index (χ1n) is 7.53. The van der Waals surface area contributed by atoms with E-state index in [9.17, 15) is 5.26 Å². The summed E-state index contributed by atoms with van der Waals surface area (Å²) in [5, 5.41) is 9.57. The van der Waals surface area contributed by atoms with Crippen molar-refractivity contribution in [1.82, 2.24) is 4.98 Å². The summed E-state index contributed by atoms with van der Waals surface area (Å²) >= 11 is 3.43. The minimum atomic E-state index is 0.324. The molecular formula is C19H15BrN2O2. The first kappa shape index (κ1) is 16.3. The number of hydrogen-bond acceptors (Lipinski definition) is 4. The van der Waals surface area contributed by atoms with Crippen molar-refractivity contribution in [2.24, 2.45) is 0 Å². The van der Waals surface area contributed by atoms with Crippen LogP contribution in [-0.2, 0) is 0 Å². The lowest BCUT2D eigenvalue weighted by Gasteiger charge is -2.11. The summed E-state index contributed by atoms with van der Waals surface area (Å²) in [5.41, 5.74) is 2.73. The molecule has 0 N–H and O–H groups in total. The third-order valence-corrected chi connectivity index (χ3v) is 4.05. The van der Waals surface area contributed by atoms with E-state index >= 15 is 0 Å². The van der Waals surface area contributed by atoms with Crippen LogP contribution in [0.3, 0.4) is 0 Å². The Labute approximate surface area is 148 Å². The normalized spacial score (nSPS) is 10.4. The van der Waals surface area contributed by atoms with Gasteiger partial charge in [-0.1, -0.05) is 28.1 Å². The van der Waals surface area contributed by atoms with E-state index in [4.69, 9.17) is 9.15 Å². The summed E-state index contributed by atoms with van der Waals surface area (Å²) in [6.45, 7) is 4.17. The highest BCUT2D eigenvalue weighted by Gasteiger charge is 2.18. The van der Waals surface area contributed by atoms with E-state index in [2.05, 4.69) is 27.0 Å². The Bertz CT molecular complexity index is 908. The molecule has 2 aromatic heterocycles. The van der Waals surface area contributed by atoms with Crippen LogP contribution in [0.4, 0.5) is 0 Å². The molecule has 120 valence electrons. The SMILES string of the molecule is CCOc1nc(-c2ccc(Br)cc2)cc(-c2ccc(C)o2)c1C#N. The van der Waals surface area contributed by atoms with Crippen LogP contribution >= 0.6 is 15.9 Å². The van der Waals surface area contributed by atoms with E-state index in [1.54, 1.807) is 0 Å². The third-order valence-electron chi connectivity index (χ3n) is 3.52. The number of nitrogens with zero attached hydrogens (tertiary/aromatic N) is 2. The van der Waals surface area contributed by atoms with Gasteiger partial charge in [0.15, 0.2) is 0 Å². The molecule has 1 aromatic carbocycles. The van der Waals surface area contributed by atoms with Crippen molar-refractivity contribution in [3.63, 3.8) is 0 Å². The molecule has 0 aliphatic rings. The molecule has 0 saturated heterocycles. The molecule has 0 radical (unpaired) electrons. The van der Waals surface area contributed by atoms with Crippen LogP contribution in [0, 0.1) is 18.3 Å². The average molecular weight is 383 g/mol. The molecule has 0 unspecified atom stereocenters. The molecule has 3 rings (SSSR count). The molecule has 0 saturated carbocycles. The molecular weight excluding hydrogens is 368 g/mol. The minimum Gasteiger partial charge on any atom is -0.477 e. The van der Waals surface area contributed by atoms with Crippen LogP contribution < -0.4 is 4.74 Å². The van der Waals surface area contributed by atoms with Crippen molar-refractivity contribution in [1.29, 1.82) is 5.26 Å². The molecule has 4 nitrogen and oxygen atoms in total. The maximum Gasteiger partial charge on any atom is 0.233 e. The summed E-state index contributed by atoms with van der Waals surface area (Å²) in [6.07, 6.45) is 0. The van der Waals surface area contributed by atoms with Gasteiger partial charge in [-0.25, -0.2) is 4.98 Å². The van der Waals surface area contributed by atoms with Gasteiger partial charge in [-0.2, -0.15) is 5.26 Å². The molecule has 0 aliphatic carbocycles. The summed E-state index contributed by atoms with van der Waals surface area (Å²) in [7, 11) is 0. The molecule has 0 aliphatic heterocycles. The molecule has 0 bridgehead atoms. The number of furan rings is 1.